The molecule has 0 fully saturated rings. The average molecular weight is 369 g/mol. The minimum Gasteiger partial charge on any atom is -0.270 e. The smallest absolute Gasteiger partial charge is 0.141 e. The first-order chi connectivity index (χ1) is 8.24. The Balaban J connectivity index is 1.97. The first-order valence-electron chi connectivity index (χ1n) is 6.62. The largest absolute Gasteiger partial charge is 0.270 e. The SMILES string of the molecule is CCCCCCCCCCn1cc(Cl)c(I)n1. The summed E-state index contributed by atoms with van der Waals surface area (Å²) in [6.45, 7) is 3.26. The maximum atomic E-state index is 5.95. The van der Waals surface area contributed by atoms with Crippen molar-refractivity contribution >= 4 is 34.2 Å². The Hall–Kier alpha value is 0.230. The van der Waals surface area contributed by atoms with Crippen LogP contribution in [0.3, 0.4) is 0 Å². The third kappa shape index (κ3) is 6.65. The van der Waals surface area contributed by atoms with E-state index in [0.717, 1.165) is 15.3 Å². The monoisotopic (exact) mass is 368 g/mol. The zero-order chi connectivity index (χ0) is 12.5. The molecule has 1 aromatic heterocycles. The van der Waals surface area contributed by atoms with Gasteiger partial charge in [-0.15, -0.1) is 0 Å². The molecule has 0 aromatic carbocycles. The van der Waals surface area contributed by atoms with Crippen LogP contribution in [0.5, 0.6) is 0 Å². The topological polar surface area (TPSA) is 17.8 Å². The fourth-order valence-corrected chi connectivity index (χ4v) is 2.46. The van der Waals surface area contributed by atoms with Crippen LogP contribution in [0, 0.1) is 3.70 Å². The molecule has 1 heterocycles. The van der Waals surface area contributed by atoms with Crippen LogP contribution in [0.1, 0.15) is 58.3 Å². The van der Waals surface area contributed by atoms with Crippen LogP contribution in [0.15, 0.2) is 6.20 Å². The zero-order valence-corrected chi connectivity index (χ0v) is 13.5. The van der Waals surface area contributed by atoms with Crippen molar-refractivity contribution in [1.29, 1.82) is 0 Å². The van der Waals surface area contributed by atoms with Crippen molar-refractivity contribution in [3.05, 3.63) is 14.9 Å². The highest BCUT2D eigenvalue weighted by molar-refractivity contribution is 14.1. The molecule has 0 amide bonds. The summed E-state index contributed by atoms with van der Waals surface area (Å²) < 4.78 is 2.87. The van der Waals surface area contributed by atoms with Crippen LogP contribution < -0.4 is 0 Å². The Bertz CT molecular complexity index is 293. The van der Waals surface area contributed by atoms with Crippen molar-refractivity contribution in [2.24, 2.45) is 0 Å². The van der Waals surface area contributed by atoms with Crippen molar-refractivity contribution in [3.8, 4) is 0 Å². The Labute approximate surface area is 123 Å². The van der Waals surface area contributed by atoms with Gasteiger partial charge in [0.25, 0.3) is 0 Å². The van der Waals surface area contributed by atoms with Gasteiger partial charge in [0.05, 0.1) is 5.02 Å². The summed E-state index contributed by atoms with van der Waals surface area (Å²) in [6.07, 6.45) is 12.7. The van der Waals surface area contributed by atoms with Crippen molar-refractivity contribution in [2.45, 2.75) is 64.8 Å². The molecule has 0 aliphatic rings. The minimum atomic E-state index is 0.769. The fourth-order valence-electron chi connectivity index (χ4n) is 1.90. The van der Waals surface area contributed by atoms with E-state index in [1.165, 1.54) is 51.4 Å². The van der Waals surface area contributed by atoms with Gasteiger partial charge in [-0.05, 0) is 29.0 Å². The van der Waals surface area contributed by atoms with Crippen LogP contribution in [0.2, 0.25) is 5.02 Å². The number of nitrogens with zero attached hydrogens (tertiary/aromatic N) is 2. The van der Waals surface area contributed by atoms with Gasteiger partial charge >= 0.3 is 0 Å². The molecule has 17 heavy (non-hydrogen) atoms. The third-order valence-corrected chi connectivity index (χ3v) is 4.31. The molecule has 0 bridgehead atoms. The van der Waals surface area contributed by atoms with E-state index in [2.05, 4.69) is 34.6 Å². The van der Waals surface area contributed by atoms with Gasteiger partial charge in [0.2, 0.25) is 0 Å². The fraction of sp³-hybridized carbons (Fsp3) is 0.769. The summed E-state index contributed by atoms with van der Waals surface area (Å²) in [5, 5.41) is 5.11. The Morgan fingerprint density at radius 3 is 2.24 bits per heavy atom. The highest BCUT2D eigenvalue weighted by Gasteiger charge is 2.02. The predicted octanol–water partition coefficient (Wildman–Crippen LogP) is 5.28. The second-order valence-electron chi connectivity index (χ2n) is 4.51. The highest BCUT2D eigenvalue weighted by Crippen LogP contribution is 2.16. The lowest BCUT2D eigenvalue weighted by molar-refractivity contribution is 0.518. The molecule has 1 aromatic rings. The van der Waals surface area contributed by atoms with Crippen molar-refractivity contribution in [2.75, 3.05) is 0 Å². The van der Waals surface area contributed by atoms with E-state index < -0.39 is 0 Å². The second kappa shape index (κ2) is 9.20. The normalized spacial score (nSPS) is 11.0. The summed E-state index contributed by atoms with van der Waals surface area (Å²) in [4.78, 5) is 0. The molecule has 2 nitrogen and oxygen atoms in total. The number of hydrogen-bond donors (Lipinski definition) is 0. The van der Waals surface area contributed by atoms with E-state index >= 15 is 0 Å². The van der Waals surface area contributed by atoms with Gasteiger partial charge in [-0.2, -0.15) is 5.10 Å². The number of unbranched alkanes of at least 4 members (excludes halogenated alkanes) is 7. The van der Waals surface area contributed by atoms with E-state index in [1.807, 2.05) is 10.9 Å². The predicted molar refractivity (Wildman–Crippen MR) is 82.6 cm³/mol. The van der Waals surface area contributed by atoms with E-state index in [-0.39, 0.29) is 0 Å². The Kier molecular flexibility index (Phi) is 8.27. The van der Waals surface area contributed by atoms with Crippen LogP contribution in [-0.4, -0.2) is 9.78 Å². The quantitative estimate of drug-likeness (QED) is 0.428. The number of aromatic nitrogens is 2. The summed E-state index contributed by atoms with van der Waals surface area (Å²) in [7, 11) is 0. The lowest BCUT2D eigenvalue weighted by atomic mass is 10.1. The molecular formula is C13H22ClIN2. The lowest BCUT2D eigenvalue weighted by Crippen LogP contribution is -1.98. The van der Waals surface area contributed by atoms with Crippen LogP contribution in [0.4, 0.5) is 0 Å². The van der Waals surface area contributed by atoms with Gasteiger partial charge in [0.1, 0.15) is 3.70 Å². The standard InChI is InChI=1S/C13H22ClIN2/c1-2-3-4-5-6-7-8-9-10-17-11-12(14)13(15)16-17/h11H,2-10H2,1H3. The van der Waals surface area contributed by atoms with Crippen LogP contribution >= 0.6 is 34.2 Å². The molecule has 0 saturated carbocycles. The number of halogens is 2. The van der Waals surface area contributed by atoms with E-state index in [1.54, 1.807) is 0 Å². The Morgan fingerprint density at radius 1 is 1.12 bits per heavy atom. The molecular weight excluding hydrogens is 347 g/mol. The highest BCUT2D eigenvalue weighted by atomic mass is 127. The first kappa shape index (κ1) is 15.3. The van der Waals surface area contributed by atoms with Gasteiger partial charge in [-0.3, -0.25) is 4.68 Å². The molecule has 0 saturated heterocycles. The van der Waals surface area contributed by atoms with Gasteiger partial charge in [-0.25, -0.2) is 0 Å². The number of rotatable bonds is 9. The van der Waals surface area contributed by atoms with Crippen molar-refractivity contribution in [3.63, 3.8) is 0 Å². The van der Waals surface area contributed by atoms with Crippen LogP contribution in [-0.2, 0) is 6.54 Å². The molecule has 1 rings (SSSR count). The van der Waals surface area contributed by atoms with E-state index in [9.17, 15) is 0 Å². The summed E-state index contributed by atoms with van der Waals surface area (Å²) in [6, 6.07) is 0. The lowest BCUT2D eigenvalue weighted by Gasteiger charge is -2.02. The van der Waals surface area contributed by atoms with Crippen molar-refractivity contribution in [1.82, 2.24) is 9.78 Å². The third-order valence-electron chi connectivity index (χ3n) is 2.92. The second-order valence-corrected chi connectivity index (χ2v) is 5.93. The molecule has 0 spiro atoms. The summed E-state index contributed by atoms with van der Waals surface area (Å²) in [5.74, 6) is 0. The number of hydrogen-bond acceptors (Lipinski definition) is 1. The van der Waals surface area contributed by atoms with Gasteiger partial charge in [0, 0.05) is 12.7 Å². The molecule has 0 radical (unpaired) electrons. The van der Waals surface area contributed by atoms with E-state index in [0.29, 0.717) is 0 Å². The molecule has 0 unspecified atom stereocenters. The molecule has 0 aliphatic heterocycles. The number of aryl methyl sites for hydroxylation is 1. The molecule has 0 N–H and O–H groups in total. The first-order valence-corrected chi connectivity index (χ1v) is 8.08. The minimum absolute atomic E-state index is 0.769. The maximum Gasteiger partial charge on any atom is 0.141 e. The van der Waals surface area contributed by atoms with Crippen LogP contribution in [0.25, 0.3) is 0 Å². The Morgan fingerprint density at radius 2 is 1.71 bits per heavy atom. The molecule has 4 heteroatoms. The van der Waals surface area contributed by atoms with Gasteiger partial charge < -0.3 is 0 Å². The van der Waals surface area contributed by atoms with Gasteiger partial charge in [0.15, 0.2) is 0 Å². The van der Waals surface area contributed by atoms with E-state index in [4.69, 9.17) is 11.6 Å². The maximum absolute atomic E-state index is 5.95. The molecule has 0 atom stereocenters. The average Bonchev–Trinajstić information content (AvgIpc) is 2.62. The van der Waals surface area contributed by atoms with Crippen molar-refractivity contribution < 1.29 is 0 Å². The zero-order valence-electron chi connectivity index (χ0n) is 10.6. The molecule has 0 aliphatic carbocycles. The summed E-state index contributed by atoms with van der Waals surface area (Å²) in [5.41, 5.74) is 0. The molecule has 98 valence electrons. The van der Waals surface area contributed by atoms with Gasteiger partial charge in [-0.1, -0.05) is 63.5 Å². The summed E-state index contributed by atoms with van der Waals surface area (Å²) >= 11 is 8.12.